The van der Waals surface area contributed by atoms with E-state index in [1.165, 1.54) is 11.5 Å². The zero-order chi connectivity index (χ0) is 10.9. The second-order valence-electron chi connectivity index (χ2n) is 4.37. The predicted molar refractivity (Wildman–Crippen MR) is 59.0 cm³/mol. The average molecular weight is 189 g/mol. The molecule has 0 aliphatic carbocycles. The molecule has 13 heavy (non-hydrogen) atoms. The molecule has 2 heteroatoms. The molecule has 0 aromatic rings. The minimum atomic E-state index is 0.545. The van der Waals surface area contributed by atoms with Crippen LogP contribution in [0.2, 0.25) is 0 Å². The van der Waals surface area contributed by atoms with Gasteiger partial charge < -0.3 is 5.21 Å². The minimum Gasteiger partial charge on any atom is -0.314 e. The molecule has 2 nitrogen and oxygen atoms in total. The lowest BCUT2D eigenvalue weighted by molar-refractivity contribution is -0.106. The van der Waals surface area contributed by atoms with Crippen LogP contribution in [0.25, 0.3) is 0 Å². The molecule has 0 aliphatic heterocycles. The monoisotopic (exact) mass is 189 g/mol. The molecule has 0 saturated heterocycles. The Morgan fingerprint density at radius 3 is 1.31 bits per heavy atom. The summed E-state index contributed by atoms with van der Waals surface area (Å²) in [6.07, 6.45) is 1.25. The third-order valence-corrected chi connectivity index (χ3v) is 1.15. The molecule has 0 radical (unpaired) electrons. The van der Waals surface area contributed by atoms with Crippen molar-refractivity contribution in [2.24, 2.45) is 11.8 Å². The summed E-state index contributed by atoms with van der Waals surface area (Å²) in [6.45, 7) is 14.2. The smallest absolute Gasteiger partial charge is 0.0261 e. The van der Waals surface area contributed by atoms with E-state index in [1.54, 1.807) is 0 Å². The zero-order valence-corrected chi connectivity index (χ0v) is 10.2. The third-order valence-electron chi connectivity index (χ3n) is 1.15. The summed E-state index contributed by atoms with van der Waals surface area (Å²) < 4.78 is 0. The Balaban J connectivity index is 0. The lowest BCUT2D eigenvalue weighted by atomic mass is 10.2. The van der Waals surface area contributed by atoms with Crippen molar-refractivity contribution in [3.05, 3.63) is 0 Å². The molecule has 82 valence electrons. The Morgan fingerprint density at radius 1 is 0.923 bits per heavy atom. The van der Waals surface area contributed by atoms with Crippen LogP contribution in [0.5, 0.6) is 0 Å². The van der Waals surface area contributed by atoms with Crippen molar-refractivity contribution in [3.8, 4) is 0 Å². The molecule has 0 fully saturated rings. The number of rotatable bonds is 4. The molecule has 0 rings (SSSR count). The van der Waals surface area contributed by atoms with Gasteiger partial charge in [-0.1, -0.05) is 48.0 Å². The Morgan fingerprint density at radius 2 is 1.15 bits per heavy atom. The van der Waals surface area contributed by atoms with Crippen LogP contribution in [0.3, 0.4) is 0 Å². The second-order valence-corrected chi connectivity index (χ2v) is 4.37. The summed E-state index contributed by atoms with van der Waals surface area (Å²) in [5, 5.41) is 10.6. The highest BCUT2D eigenvalue weighted by atomic mass is 16.5. The van der Waals surface area contributed by atoms with Gasteiger partial charge in [0.1, 0.15) is 0 Å². The van der Waals surface area contributed by atoms with Gasteiger partial charge in [0.25, 0.3) is 0 Å². The van der Waals surface area contributed by atoms with Gasteiger partial charge >= 0.3 is 0 Å². The molecule has 0 aliphatic rings. The molecule has 0 bridgehead atoms. The largest absolute Gasteiger partial charge is 0.314 e. The Bertz CT molecular complexity index is 82.1. The van der Waals surface area contributed by atoms with E-state index < -0.39 is 0 Å². The van der Waals surface area contributed by atoms with E-state index in [2.05, 4.69) is 41.5 Å². The van der Waals surface area contributed by atoms with Gasteiger partial charge in [-0.15, -0.1) is 0 Å². The zero-order valence-electron chi connectivity index (χ0n) is 10.2. The molecule has 0 saturated carbocycles. The third kappa shape index (κ3) is 18.7. The topological polar surface area (TPSA) is 23.5 Å². The minimum absolute atomic E-state index is 0.545. The molecule has 0 amide bonds. The lowest BCUT2D eigenvalue weighted by Crippen LogP contribution is -2.27. The van der Waals surface area contributed by atoms with Gasteiger partial charge in [0.2, 0.25) is 0 Å². The highest BCUT2D eigenvalue weighted by Gasteiger charge is 2.04. The highest BCUT2D eigenvalue weighted by molar-refractivity contribution is 4.52. The molecule has 0 spiro atoms. The average Bonchev–Trinajstić information content (AvgIpc) is 1.83. The van der Waals surface area contributed by atoms with Crippen molar-refractivity contribution < 1.29 is 5.21 Å². The Labute approximate surface area is 83.9 Å². The molecule has 0 aromatic heterocycles. The van der Waals surface area contributed by atoms with Crippen LogP contribution < -0.4 is 0 Å². The first-order valence-corrected chi connectivity index (χ1v) is 5.37. The predicted octanol–water partition coefficient (Wildman–Crippen LogP) is 3.41. The molecular weight excluding hydrogens is 162 g/mol. The van der Waals surface area contributed by atoms with Gasteiger partial charge in [-0.05, 0) is 11.8 Å². The second kappa shape index (κ2) is 10.0. The summed E-state index contributed by atoms with van der Waals surface area (Å²) >= 11 is 0. The molecule has 0 atom stereocenters. The van der Waals surface area contributed by atoms with Gasteiger partial charge in [-0.25, -0.2) is 0 Å². The van der Waals surface area contributed by atoms with Gasteiger partial charge in [0.05, 0.1) is 0 Å². The SMILES string of the molecule is CC(C)CN(O)CC(C)C.CCC. The van der Waals surface area contributed by atoms with E-state index in [9.17, 15) is 5.21 Å². The standard InChI is InChI=1S/C8H19NO.C3H8/c1-7(2)5-9(10)6-8(3)4;1-3-2/h7-8,10H,5-6H2,1-4H3;3H2,1-2H3. The van der Waals surface area contributed by atoms with E-state index in [1.807, 2.05) is 0 Å². The lowest BCUT2D eigenvalue weighted by Gasteiger charge is -2.18. The molecule has 0 aromatic carbocycles. The maximum Gasteiger partial charge on any atom is 0.0261 e. The Hall–Kier alpha value is -0.0800. The fourth-order valence-electron chi connectivity index (χ4n) is 0.918. The summed E-state index contributed by atoms with van der Waals surface area (Å²) in [5.74, 6) is 1.09. The van der Waals surface area contributed by atoms with E-state index in [0.29, 0.717) is 11.8 Å². The van der Waals surface area contributed by atoms with Crippen molar-refractivity contribution >= 4 is 0 Å². The summed E-state index contributed by atoms with van der Waals surface area (Å²) in [7, 11) is 0. The van der Waals surface area contributed by atoms with Gasteiger partial charge in [0.15, 0.2) is 0 Å². The first kappa shape index (κ1) is 15.4. The van der Waals surface area contributed by atoms with Crippen LogP contribution in [-0.2, 0) is 0 Å². The van der Waals surface area contributed by atoms with Crippen LogP contribution in [0.15, 0.2) is 0 Å². The van der Waals surface area contributed by atoms with Crippen LogP contribution in [-0.4, -0.2) is 23.4 Å². The van der Waals surface area contributed by atoms with E-state index >= 15 is 0 Å². The normalized spacial score (nSPS) is 10.6. The van der Waals surface area contributed by atoms with Crippen LogP contribution >= 0.6 is 0 Å². The maximum absolute atomic E-state index is 9.22. The van der Waals surface area contributed by atoms with Crippen molar-refractivity contribution in [1.29, 1.82) is 0 Å². The van der Waals surface area contributed by atoms with Crippen molar-refractivity contribution in [3.63, 3.8) is 0 Å². The van der Waals surface area contributed by atoms with Crippen molar-refractivity contribution in [2.45, 2.75) is 48.0 Å². The van der Waals surface area contributed by atoms with E-state index in [4.69, 9.17) is 0 Å². The van der Waals surface area contributed by atoms with Gasteiger partial charge in [-0.3, -0.25) is 0 Å². The molecule has 0 heterocycles. The van der Waals surface area contributed by atoms with Crippen LogP contribution in [0, 0.1) is 11.8 Å². The van der Waals surface area contributed by atoms with E-state index in [-0.39, 0.29) is 0 Å². The van der Waals surface area contributed by atoms with Gasteiger partial charge in [0, 0.05) is 13.1 Å². The van der Waals surface area contributed by atoms with Crippen LogP contribution in [0.4, 0.5) is 0 Å². The summed E-state index contributed by atoms with van der Waals surface area (Å²) in [5.41, 5.74) is 0. The number of hydrogen-bond acceptors (Lipinski definition) is 2. The fraction of sp³-hybridized carbons (Fsp3) is 1.00. The van der Waals surface area contributed by atoms with Crippen LogP contribution in [0.1, 0.15) is 48.0 Å². The quantitative estimate of drug-likeness (QED) is 0.685. The van der Waals surface area contributed by atoms with Gasteiger partial charge in [-0.2, -0.15) is 5.06 Å². The molecule has 0 unspecified atom stereocenters. The number of nitrogens with zero attached hydrogens (tertiary/aromatic N) is 1. The van der Waals surface area contributed by atoms with E-state index in [0.717, 1.165) is 13.1 Å². The molecule has 1 N–H and O–H groups in total. The number of hydrogen-bond donors (Lipinski definition) is 1. The maximum atomic E-state index is 9.22. The van der Waals surface area contributed by atoms with Crippen molar-refractivity contribution in [1.82, 2.24) is 5.06 Å². The van der Waals surface area contributed by atoms with Crippen molar-refractivity contribution in [2.75, 3.05) is 13.1 Å². The number of hydroxylamine groups is 2. The Kier molecular flexibility index (Phi) is 11.8. The highest BCUT2D eigenvalue weighted by Crippen LogP contribution is 1.99. The summed E-state index contributed by atoms with van der Waals surface area (Å²) in [6, 6.07) is 0. The summed E-state index contributed by atoms with van der Waals surface area (Å²) in [4.78, 5) is 0. The first-order valence-electron chi connectivity index (χ1n) is 5.37. The molecular formula is C11H27NO. The fourth-order valence-corrected chi connectivity index (χ4v) is 0.918. The first-order chi connectivity index (χ1) is 5.93.